The first kappa shape index (κ1) is 55.0. The Balaban J connectivity index is 3.44. The molecule has 0 bridgehead atoms. The van der Waals surface area contributed by atoms with E-state index in [1.54, 1.807) is 48.5 Å². The van der Waals surface area contributed by atoms with Gasteiger partial charge in [-0.3, -0.25) is 43.3 Å². The van der Waals surface area contributed by atoms with Crippen LogP contribution in [0.2, 0.25) is 0 Å². The molecule has 0 aliphatic carbocycles. The highest BCUT2D eigenvalue weighted by Crippen LogP contribution is 2.21. The van der Waals surface area contributed by atoms with E-state index in [4.69, 9.17) is 11.5 Å². The fraction of sp³-hybridized carbons (Fsp3) is 0.786. The van der Waals surface area contributed by atoms with E-state index in [0.29, 0.717) is 45.2 Å². The van der Waals surface area contributed by atoms with Gasteiger partial charge in [0.05, 0.1) is 6.10 Å². The minimum Gasteiger partial charge on any atom is -0.391 e. The first-order valence-electron chi connectivity index (χ1n) is 22.0. The number of rotatable bonds is 25. The molecule has 0 unspecified atom stereocenters. The Kier molecular flexibility index (Phi) is 23.5. The molecular weight excluding hydrogens is 803 g/mol. The molecule has 0 aromatic heterocycles. The number of carbonyl (C=O) groups is 8. The van der Waals surface area contributed by atoms with Crippen LogP contribution < -0.4 is 43.4 Å². The third-order valence-electron chi connectivity index (χ3n) is 11.4. The zero-order valence-electron chi connectivity index (χ0n) is 39.0. The number of nitrogens with two attached hydrogens (primary N) is 2. The van der Waals surface area contributed by atoms with Crippen LogP contribution in [-0.4, -0.2) is 143 Å². The lowest BCUT2D eigenvalue weighted by Crippen LogP contribution is -2.63. The number of nitrogens with one attached hydrogen (secondary N) is 6. The summed E-state index contributed by atoms with van der Waals surface area (Å²) in [5, 5.41) is 27.1. The predicted molar refractivity (Wildman–Crippen MR) is 235 cm³/mol. The molecule has 1 fully saturated rings. The summed E-state index contributed by atoms with van der Waals surface area (Å²) in [6.07, 6.45) is 0.981. The van der Waals surface area contributed by atoms with Crippen LogP contribution in [0.15, 0.2) is 4.99 Å². The van der Waals surface area contributed by atoms with Crippen molar-refractivity contribution >= 4 is 53.2 Å². The van der Waals surface area contributed by atoms with Crippen LogP contribution in [0, 0.1) is 23.7 Å². The number of guanidine groups is 1. The van der Waals surface area contributed by atoms with Crippen molar-refractivity contribution in [3.63, 3.8) is 0 Å². The molecule has 20 heteroatoms. The molecule has 62 heavy (non-hydrogen) atoms. The van der Waals surface area contributed by atoms with Gasteiger partial charge in [-0.2, -0.15) is 0 Å². The highest BCUT2D eigenvalue weighted by molar-refractivity contribution is 5.98. The van der Waals surface area contributed by atoms with E-state index < -0.39 is 108 Å². The largest absolute Gasteiger partial charge is 0.391 e. The standard InChI is InChI=1S/C42H77N11O9/c1-13-24(8)31(37(58)48-28(18-16-20-46-42(43)44)40(61)53-21-17-19-29(53)35(56)45-15-3)50-39(60)34(23(6)7)52(12)41(62)33(26(10)54)51-38(59)32(25(9)14-2)49-36(57)30(22(4)5)47-27(11)55/h22-26,28-34,54H,13-21H2,1-12H3,(H,45,56)(H,47,55)(H,48,58)(H,49,57)(H,50,60)(H,51,59)(H4,43,44,46)/t24-,25-,26+,28-,29-,30-,31-,32+,33-,34-/m0/s1. The Morgan fingerprint density at radius 2 is 1.26 bits per heavy atom. The maximum Gasteiger partial charge on any atom is 0.248 e. The second-order valence-corrected chi connectivity index (χ2v) is 17.1. The van der Waals surface area contributed by atoms with E-state index in [9.17, 15) is 43.5 Å². The minimum atomic E-state index is -1.55. The summed E-state index contributed by atoms with van der Waals surface area (Å²) in [6.45, 7) is 19.3. The van der Waals surface area contributed by atoms with Crippen molar-refractivity contribution in [2.45, 2.75) is 163 Å². The van der Waals surface area contributed by atoms with Crippen molar-refractivity contribution in [2.24, 2.45) is 40.1 Å². The summed E-state index contributed by atoms with van der Waals surface area (Å²) < 4.78 is 0. The first-order valence-corrected chi connectivity index (χ1v) is 22.0. The smallest absolute Gasteiger partial charge is 0.248 e. The Labute approximate surface area is 367 Å². The Morgan fingerprint density at radius 3 is 1.73 bits per heavy atom. The molecule has 11 N–H and O–H groups in total. The van der Waals surface area contributed by atoms with E-state index in [2.05, 4.69) is 36.9 Å². The molecule has 0 aromatic carbocycles. The van der Waals surface area contributed by atoms with Gasteiger partial charge in [0.25, 0.3) is 0 Å². The van der Waals surface area contributed by atoms with Gasteiger partial charge in [-0.05, 0) is 63.2 Å². The fourth-order valence-corrected chi connectivity index (χ4v) is 7.37. The van der Waals surface area contributed by atoms with Gasteiger partial charge in [-0.15, -0.1) is 0 Å². The molecule has 1 aliphatic heterocycles. The molecule has 20 nitrogen and oxygen atoms in total. The number of likely N-dealkylation sites (tertiary alicyclic amines) is 1. The summed E-state index contributed by atoms with van der Waals surface area (Å²) in [6, 6.07) is -7.77. The summed E-state index contributed by atoms with van der Waals surface area (Å²) in [5.74, 6) is -6.49. The monoisotopic (exact) mass is 880 g/mol. The van der Waals surface area contributed by atoms with Gasteiger partial charge in [0.15, 0.2) is 5.96 Å². The van der Waals surface area contributed by atoms with Crippen LogP contribution in [0.4, 0.5) is 0 Å². The number of amides is 8. The van der Waals surface area contributed by atoms with Crippen LogP contribution >= 0.6 is 0 Å². The van der Waals surface area contributed by atoms with Crippen LogP contribution in [-0.2, 0) is 38.4 Å². The average molecular weight is 880 g/mol. The van der Waals surface area contributed by atoms with Gasteiger partial charge in [0, 0.05) is 33.6 Å². The van der Waals surface area contributed by atoms with Gasteiger partial charge in [-0.25, -0.2) is 0 Å². The van der Waals surface area contributed by atoms with E-state index >= 15 is 0 Å². The molecule has 0 spiro atoms. The number of aliphatic hydroxyl groups is 1. The highest BCUT2D eigenvalue weighted by Gasteiger charge is 2.42. The number of hydrogen-bond donors (Lipinski definition) is 9. The molecule has 1 heterocycles. The fourth-order valence-electron chi connectivity index (χ4n) is 7.37. The number of aliphatic imine (C=N–C) groups is 1. The number of nitrogens with zero attached hydrogens (tertiary/aromatic N) is 3. The van der Waals surface area contributed by atoms with Crippen molar-refractivity contribution < 1.29 is 43.5 Å². The molecule has 8 amide bonds. The van der Waals surface area contributed by atoms with Crippen molar-refractivity contribution in [2.75, 3.05) is 26.7 Å². The Hall–Kier alpha value is -5.01. The van der Waals surface area contributed by atoms with Gasteiger partial charge in [-0.1, -0.05) is 68.2 Å². The van der Waals surface area contributed by atoms with Crippen molar-refractivity contribution in [1.82, 2.24) is 41.7 Å². The maximum absolute atomic E-state index is 14.2. The number of aliphatic hydroxyl groups excluding tert-OH is 1. The predicted octanol–water partition coefficient (Wildman–Crippen LogP) is -0.777. The SMILES string of the molecule is CCNC(=O)[C@@H]1CCCN1C(=O)[C@H](CCCN=C(N)N)NC(=O)[C@@H](NC(=O)[C@H](C(C)C)N(C)C(=O)[C@@H](NC(=O)[C@H](NC(=O)[C@@H](NC(C)=O)C(C)C)[C@@H](C)CC)[C@@H](C)O)[C@@H](C)CC. The van der Waals surface area contributed by atoms with Crippen LogP contribution in [0.1, 0.15) is 115 Å². The van der Waals surface area contributed by atoms with Crippen molar-refractivity contribution in [3.8, 4) is 0 Å². The summed E-state index contributed by atoms with van der Waals surface area (Å²) in [7, 11) is 1.35. The van der Waals surface area contributed by atoms with Crippen molar-refractivity contribution in [3.05, 3.63) is 0 Å². The molecule has 0 radical (unpaired) electrons. The van der Waals surface area contributed by atoms with Crippen LogP contribution in [0.25, 0.3) is 0 Å². The second kappa shape index (κ2) is 26.5. The summed E-state index contributed by atoms with van der Waals surface area (Å²) >= 11 is 0. The average Bonchev–Trinajstić information content (AvgIpc) is 3.70. The van der Waals surface area contributed by atoms with Crippen LogP contribution in [0.5, 0.6) is 0 Å². The quantitative estimate of drug-likeness (QED) is 0.0312. The number of hydrogen-bond acceptors (Lipinski definition) is 10. The van der Waals surface area contributed by atoms with Gasteiger partial charge < -0.3 is 58.3 Å². The van der Waals surface area contributed by atoms with E-state index in [1.165, 1.54) is 25.8 Å². The molecule has 0 aromatic rings. The highest BCUT2D eigenvalue weighted by atomic mass is 16.3. The molecule has 1 saturated heterocycles. The maximum atomic E-state index is 14.2. The van der Waals surface area contributed by atoms with E-state index in [1.807, 2.05) is 13.8 Å². The van der Waals surface area contributed by atoms with Crippen LogP contribution in [0.3, 0.4) is 0 Å². The lowest BCUT2D eigenvalue weighted by atomic mass is 9.94. The molecular formula is C42H77N11O9. The molecule has 1 rings (SSSR count). The van der Waals surface area contributed by atoms with E-state index in [0.717, 1.165) is 4.90 Å². The third kappa shape index (κ3) is 16.4. The third-order valence-corrected chi connectivity index (χ3v) is 11.4. The number of likely N-dealkylation sites (N-methyl/N-ethyl adjacent to an activating group) is 2. The molecule has 1 aliphatic rings. The first-order chi connectivity index (χ1) is 28.9. The zero-order chi connectivity index (χ0) is 47.6. The topological polar surface area (TPSA) is 300 Å². The second-order valence-electron chi connectivity index (χ2n) is 17.1. The van der Waals surface area contributed by atoms with Gasteiger partial charge in [0.2, 0.25) is 47.3 Å². The lowest BCUT2D eigenvalue weighted by Gasteiger charge is -2.36. The Bertz CT molecular complexity index is 1570. The lowest BCUT2D eigenvalue weighted by molar-refractivity contribution is -0.147. The minimum absolute atomic E-state index is 0.128. The summed E-state index contributed by atoms with van der Waals surface area (Å²) in [5.41, 5.74) is 11.0. The van der Waals surface area contributed by atoms with Crippen molar-refractivity contribution in [1.29, 1.82) is 0 Å². The Morgan fingerprint density at radius 1 is 0.742 bits per heavy atom. The van der Waals surface area contributed by atoms with Gasteiger partial charge in [0.1, 0.15) is 42.3 Å². The number of carbonyl (C=O) groups excluding carboxylic acids is 8. The molecule has 0 saturated carbocycles. The molecule has 10 atom stereocenters. The molecule has 354 valence electrons. The normalized spacial score (nSPS) is 18.1. The zero-order valence-corrected chi connectivity index (χ0v) is 39.0. The van der Waals surface area contributed by atoms with E-state index in [-0.39, 0.29) is 30.8 Å². The van der Waals surface area contributed by atoms with Gasteiger partial charge >= 0.3 is 0 Å². The summed E-state index contributed by atoms with van der Waals surface area (Å²) in [4.78, 5) is 115.